The summed E-state index contributed by atoms with van der Waals surface area (Å²) in [6.45, 7) is 0.941. The summed E-state index contributed by atoms with van der Waals surface area (Å²) in [5.74, 6) is -1.85. The average Bonchev–Trinajstić information content (AvgIpc) is 3.41. The zero-order valence-electron chi connectivity index (χ0n) is 22.0. The van der Waals surface area contributed by atoms with Crippen molar-refractivity contribution >= 4 is 23.6 Å². The number of anilines is 2. The van der Waals surface area contributed by atoms with Crippen LogP contribution in [0.25, 0.3) is 0 Å². The van der Waals surface area contributed by atoms with Gasteiger partial charge in [-0.2, -0.15) is 18.2 Å². The number of carbonyl (C=O) groups excluding carboxylic acids is 1. The first-order chi connectivity index (χ1) is 19.2. The molecule has 1 saturated carbocycles. The minimum absolute atomic E-state index is 0.187. The van der Waals surface area contributed by atoms with Crippen molar-refractivity contribution in [1.29, 1.82) is 0 Å². The van der Waals surface area contributed by atoms with Crippen LogP contribution < -0.4 is 10.2 Å². The Kier molecular flexibility index (Phi) is 8.14. The molecular formula is C30H32F3N3O4. The lowest BCUT2D eigenvalue weighted by Gasteiger charge is -2.31. The third-order valence-corrected chi connectivity index (χ3v) is 8.08. The third-order valence-electron chi connectivity index (χ3n) is 8.08. The number of aliphatic carboxylic acids is 1. The van der Waals surface area contributed by atoms with E-state index in [2.05, 4.69) is 22.4 Å². The topological polar surface area (TPSA) is 95.7 Å². The lowest BCUT2D eigenvalue weighted by atomic mass is 9.77. The number of amides is 1. The smallest absolute Gasteiger partial charge is 0.437 e. The normalized spacial score (nSPS) is 20.3. The van der Waals surface area contributed by atoms with Gasteiger partial charge in [0.25, 0.3) is 11.9 Å². The van der Waals surface area contributed by atoms with Gasteiger partial charge in [-0.3, -0.25) is 9.59 Å². The fraction of sp³-hybridized carbons (Fsp3) is 0.433. The van der Waals surface area contributed by atoms with Gasteiger partial charge in [-0.25, -0.2) is 0 Å². The van der Waals surface area contributed by atoms with Crippen LogP contribution in [-0.2, 0) is 11.0 Å². The van der Waals surface area contributed by atoms with Crippen LogP contribution in [0.15, 0.2) is 59.0 Å². The zero-order chi connectivity index (χ0) is 28.3. The molecular weight excluding hydrogens is 523 g/mol. The van der Waals surface area contributed by atoms with Crippen LogP contribution in [0, 0.1) is 5.92 Å². The summed E-state index contributed by atoms with van der Waals surface area (Å²) in [4.78, 5) is 29.2. The van der Waals surface area contributed by atoms with E-state index in [0.717, 1.165) is 44.1 Å². The largest absolute Gasteiger partial charge is 0.481 e. The van der Waals surface area contributed by atoms with Crippen molar-refractivity contribution in [3.05, 3.63) is 77.2 Å². The maximum Gasteiger partial charge on any atom is 0.437 e. The predicted molar refractivity (Wildman–Crippen MR) is 143 cm³/mol. The van der Waals surface area contributed by atoms with Gasteiger partial charge in [0.1, 0.15) is 0 Å². The molecule has 2 N–H and O–H groups in total. The number of alkyl halides is 3. The van der Waals surface area contributed by atoms with Gasteiger partial charge >= 0.3 is 12.1 Å². The highest BCUT2D eigenvalue weighted by molar-refractivity contribution is 6.03. The molecule has 1 aliphatic carbocycles. The van der Waals surface area contributed by atoms with E-state index in [9.17, 15) is 22.8 Å². The van der Waals surface area contributed by atoms with Crippen LogP contribution in [0.1, 0.15) is 84.2 Å². The Morgan fingerprint density at radius 2 is 1.50 bits per heavy atom. The molecule has 2 fully saturated rings. The number of halogens is 3. The van der Waals surface area contributed by atoms with Crippen LogP contribution in [0.3, 0.4) is 0 Å². The number of benzene rings is 2. The van der Waals surface area contributed by atoms with E-state index < -0.39 is 29.5 Å². The van der Waals surface area contributed by atoms with E-state index in [1.165, 1.54) is 5.56 Å². The Morgan fingerprint density at radius 3 is 2.10 bits per heavy atom. The molecule has 0 bridgehead atoms. The number of hydrogen-bond acceptors (Lipinski definition) is 5. The van der Waals surface area contributed by atoms with Gasteiger partial charge in [0.2, 0.25) is 5.76 Å². The molecule has 2 aliphatic rings. The number of rotatable bonds is 7. The highest BCUT2D eigenvalue weighted by atomic mass is 19.4. The Hall–Kier alpha value is -3.82. The molecule has 5 rings (SSSR count). The van der Waals surface area contributed by atoms with Crippen LogP contribution in [-0.4, -0.2) is 35.1 Å². The molecule has 0 atom stereocenters. The summed E-state index contributed by atoms with van der Waals surface area (Å²) in [5.41, 5.74) is 1.27. The SMILES string of the molecule is O=C(O)C[C@H]1CC[C@H](c2ccc(NC(=O)c3oc(N4CCC(c5ccccc5)CC4)nc3C(F)(F)F)cc2)CC1. The summed E-state index contributed by atoms with van der Waals surface area (Å²) in [6, 6.07) is 16.8. The van der Waals surface area contributed by atoms with E-state index >= 15 is 0 Å². The minimum Gasteiger partial charge on any atom is -0.481 e. The highest BCUT2D eigenvalue weighted by Gasteiger charge is 2.42. The Bertz CT molecular complexity index is 1310. The molecule has 2 heterocycles. The third kappa shape index (κ3) is 6.48. The molecule has 0 radical (unpaired) electrons. The zero-order valence-corrected chi connectivity index (χ0v) is 22.0. The van der Waals surface area contributed by atoms with E-state index in [-0.39, 0.29) is 24.3 Å². The van der Waals surface area contributed by atoms with Gasteiger partial charge in [-0.05, 0) is 79.5 Å². The molecule has 40 heavy (non-hydrogen) atoms. The minimum atomic E-state index is -4.85. The molecule has 1 aromatic heterocycles. The van der Waals surface area contributed by atoms with Gasteiger partial charge in [-0.15, -0.1) is 0 Å². The van der Waals surface area contributed by atoms with Gasteiger partial charge in [0.05, 0.1) is 0 Å². The number of aromatic nitrogens is 1. The summed E-state index contributed by atoms with van der Waals surface area (Å²) >= 11 is 0. The van der Waals surface area contributed by atoms with Crippen LogP contribution >= 0.6 is 0 Å². The number of carboxylic acid groups (broad SMARTS) is 1. The van der Waals surface area contributed by atoms with Crippen molar-refractivity contribution < 1.29 is 32.3 Å². The number of carbonyl (C=O) groups is 2. The summed E-state index contributed by atoms with van der Waals surface area (Å²) in [7, 11) is 0. The first kappa shape index (κ1) is 27.7. The van der Waals surface area contributed by atoms with E-state index in [1.807, 2.05) is 30.3 Å². The standard InChI is InChI=1S/C30H32F3N3O4/c31-30(32,33)27-26(40-29(35-27)36-16-14-23(15-17-36)20-4-2-1-3-5-20)28(39)34-24-12-10-22(11-13-24)21-8-6-19(7-9-21)18-25(37)38/h1-5,10-13,19,21,23H,6-9,14-18H2,(H,34,39)(H,37,38)/t19-,21-. The fourth-order valence-corrected chi connectivity index (χ4v) is 5.89. The second kappa shape index (κ2) is 11.7. The number of piperidine rings is 1. The van der Waals surface area contributed by atoms with Crippen LogP contribution in [0.2, 0.25) is 0 Å². The summed E-state index contributed by atoms with van der Waals surface area (Å²) < 4.78 is 46.9. The molecule has 3 aromatic rings. The Labute approximate surface area is 230 Å². The lowest BCUT2D eigenvalue weighted by Crippen LogP contribution is -2.33. The molecule has 1 amide bonds. The molecule has 1 saturated heterocycles. The average molecular weight is 556 g/mol. The maximum absolute atomic E-state index is 13.8. The van der Waals surface area contributed by atoms with Crippen LogP contribution in [0.5, 0.6) is 0 Å². The van der Waals surface area contributed by atoms with Crippen molar-refractivity contribution in [1.82, 2.24) is 4.98 Å². The number of nitrogens with one attached hydrogen (secondary N) is 1. The molecule has 212 valence electrons. The number of hydrogen-bond donors (Lipinski definition) is 2. The van der Waals surface area contributed by atoms with Gasteiger partial charge in [0.15, 0.2) is 5.69 Å². The van der Waals surface area contributed by atoms with Crippen molar-refractivity contribution in [2.24, 2.45) is 5.92 Å². The quantitative estimate of drug-likeness (QED) is 0.324. The fourth-order valence-electron chi connectivity index (χ4n) is 5.89. The van der Waals surface area contributed by atoms with Gasteiger partial charge < -0.3 is 19.7 Å². The lowest BCUT2D eigenvalue weighted by molar-refractivity contribution is -0.141. The summed E-state index contributed by atoms with van der Waals surface area (Å²) in [6.07, 6.45) is 0.254. The maximum atomic E-state index is 13.8. The van der Waals surface area contributed by atoms with E-state index in [1.54, 1.807) is 17.0 Å². The second-order valence-electron chi connectivity index (χ2n) is 10.7. The monoisotopic (exact) mass is 555 g/mol. The Morgan fingerprint density at radius 1 is 0.900 bits per heavy atom. The molecule has 2 aromatic carbocycles. The first-order valence-electron chi connectivity index (χ1n) is 13.7. The number of oxazole rings is 1. The van der Waals surface area contributed by atoms with E-state index in [0.29, 0.717) is 24.7 Å². The highest BCUT2D eigenvalue weighted by Crippen LogP contribution is 2.38. The van der Waals surface area contributed by atoms with Crippen molar-refractivity contribution in [2.45, 2.75) is 63.0 Å². The van der Waals surface area contributed by atoms with Crippen molar-refractivity contribution in [2.75, 3.05) is 23.3 Å². The van der Waals surface area contributed by atoms with Crippen molar-refractivity contribution in [3.63, 3.8) is 0 Å². The van der Waals surface area contributed by atoms with Crippen molar-refractivity contribution in [3.8, 4) is 0 Å². The Balaban J connectivity index is 1.23. The van der Waals surface area contributed by atoms with Crippen LogP contribution in [0.4, 0.5) is 24.9 Å². The summed E-state index contributed by atoms with van der Waals surface area (Å²) in [5, 5.41) is 11.5. The first-order valence-corrected chi connectivity index (χ1v) is 13.7. The predicted octanol–water partition coefficient (Wildman–Crippen LogP) is 7.08. The van der Waals surface area contributed by atoms with Gasteiger partial charge in [0, 0.05) is 25.2 Å². The molecule has 10 heteroatoms. The van der Waals surface area contributed by atoms with Gasteiger partial charge in [-0.1, -0.05) is 42.5 Å². The molecule has 1 aliphatic heterocycles. The second-order valence-corrected chi connectivity index (χ2v) is 10.7. The molecule has 0 unspecified atom stereocenters. The molecule has 7 nitrogen and oxygen atoms in total. The number of nitrogens with zero attached hydrogens (tertiary/aromatic N) is 2. The van der Waals surface area contributed by atoms with E-state index in [4.69, 9.17) is 9.52 Å². The number of carboxylic acids is 1. The molecule has 0 spiro atoms.